The van der Waals surface area contributed by atoms with Crippen LogP contribution >= 0.6 is 15.9 Å². The Labute approximate surface area is 135 Å². The van der Waals surface area contributed by atoms with Crippen LogP contribution in [0.3, 0.4) is 0 Å². The lowest BCUT2D eigenvalue weighted by Crippen LogP contribution is -2.21. The molecule has 2 heteroatoms. The van der Waals surface area contributed by atoms with Gasteiger partial charge in [0, 0.05) is 4.47 Å². The first-order chi connectivity index (χ1) is 10.2. The van der Waals surface area contributed by atoms with Gasteiger partial charge in [0.05, 0.1) is 6.04 Å². The lowest BCUT2D eigenvalue weighted by molar-refractivity contribution is 0.415. The van der Waals surface area contributed by atoms with Crippen LogP contribution in [0.5, 0.6) is 0 Å². The molecule has 0 saturated heterocycles. The number of halogens is 1. The summed E-state index contributed by atoms with van der Waals surface area (Å²) in [5.74, 6) is 0.755. The molecule has 0 amide bonds. The van der Waals surface area contributed by atoms with Crippen LogP contribution in [-0.4, -0.2) is 7.05 Å². The Balaban J connectivity index is 2.01. The first-order valence-corrected chi connectivity index (χ1v) is 8.52. The van der Waals surface area contributed by atoms with Crippen molar-refractivity contribution in [2.45, 2.75) is 38.1 Å². The van der Waals surface area contributed by atoms with Crippen LogP contribution in [-0.2, 0) is 0 Å². The van der Waals surface area contributed by atoms with Crippen molar-refractivity contribution in [1.82, 2.24) is 5.32 Å². The molecular formula is C19H22BrN. The SMILES string of the molecule is CNC(c1ccc(C)c(Br)c1)c1ccccc1C1CCC1. The molecule has 0 aromatic heterocycles. The molecule has 0 aliphatic heterocycles. The van der Waals surface area contributed by atoms with Crippen molar-refractivity contribution in [2.24, 2.45) is 0 Å². The van der Waals surface area contributed by atoms with E-state index in [1.807, 2.05) is 0 Å². The van der Waals surface area contributed by atoms with Gasteiger partial charge in [-0.2, -0.15) is 0 Å². The van der Waals surface area contributed by atoms with E-state index in [9.17, 15) is 0 Å². The van der Waals surface area contributed by atoms with Crippen LogP contribution in [0.2, 0.25) is 0 Å². The highest BCUT2D eigenvalue weighted by atomic mass is 79.9. The number of nitrogens with one attached hydrogen (secondary N) is 1. The van der Waals surface area contributed by atoms with E-state index in [4.69, 9.17) is 0 Å². The smallest absolute Gasteiger partial charge is 0.0577 e. The zero-order valence-electron chi connectivity index (χ0n) is 12.7. The minimum absolute atomic E-state index is 0.263. The zero-order chi connectivity index (χ0) is 14.8. The molecule has 2 aromatic rings. The Morgan fingerprint density at radius 3 is 2.52 bits per heavy atom. The Hall–Kier alpha value is -1.12. The Kier molecular flexibility index (Phi) is 4.46. The van der Waals surface area contributed by atoms with Crippen LogP contribution < -0.4 is 5.32 Å². The average Bonchev–Trinajstić information content (AvgIpc) is 2.43. The normalized spacial score (nSPS) is 16.5. The van der Waals surface area contributed by atoms with E-state index in [2.05, 4.69) is 77.7 Å². The highest BCUT2D eigenvalue weighted by Gasteiger charge is 2.25. The molecule has 1 nitrogen and oxygen atoms in total. The highest BCUT2D eigenvalue weighted by Crippen LogP contribution is 2.40. The highest BCUT2D eigenvalue weighted by molar-refractivity contribution is 9.10. The summed E-state index contributed by atoms with van der Waals surface area (Å²) in [5.41, 5.74) is 5.56. The summed E-state index contributed by atoms with van der Waals surface area (Å²) in [6.07, 6.45) is 4.05. The van der Waals surface area contributed by atoms with Gasteiger partial charge in [0.25, 0.3) is 0 Å². The maximum Gasteiger partial charge on any atom is 0.0577 e. The number of rotatable bonds is 4. The molecule has 2 aromatic carbocycles. The van der Waals surface area contributed by atoms with Crippen molar-refractivity contribution >= 4 is 15.9 Å². The van der Waals surface area contributed by atoms with E-state index < -0.39 is 0 Å². The molecule has 21 heavy (non-hydrogen) atoms. The number of hydrogen-bond acceptors (Lipinski definition) is 1. The van der Waals surface area contributed by atoms with E-state index in [0.717, 1.165) is 5.92 Å². The number of benzene rings is 2. The third-order valence-corrected chi connectivity index (χ3v) is 5.52. The van der Waals surface area contributed by atoms with Gasteiger partial charge >= 0.3 is 0 Å². The Bertz CT molecular complexity index is 631. The molecule has 1 atom stereocenters. The number of hydrogen-bond donors (Lipinski definition) is 1. The first-order valence-electron chi connectivity index (χ1n) is 7.73. The van der Waals surface area contributed by atoms with E-state index in [-0.39, 0.29) is 6.04 Å². The molecule has 1 aliphatic carbocycles. The minimum atomic E-state index is 0.263. The molecule has 1 aliphatic rings. The molecule has 3 rings (SSSR count). The summed E-state index contributed by atoms with van der Waals surface area (Å²) >= 11 is 3.66. The second-order valence-electron chi connectivity index (χ2n) is 5.99. The fourth-order valence-corrected chi connectivity index (χ4v) is 3.55. The van der Waals surface area contributed by atoms with Gasteiger partial charge in [-0.15, -0.1) is 0 Å². The maximum atomic E-state index is 3.66. The van der Waals surface area contributed by atoms with Crippen LogP contribution in [0, 0.1) is 6.92 Å². The summed E-state index contributed by atoms with van der Waals surface area (Å²) in [5, 5.41) is 3.50. The van der Waals surface area contributed by atoms with Crippen molar-refractivity contribution in [2.75, 3.05) is 7.05 Å². The van der Waals surface area contributed by atoms with Crippen molar-refractivity contribution in [1.29, 1.82) is 0 Å². The third-order valence-electron chi connectivity index (χ3n) is 4.67. The van der Waals surface area contributed by atoms with Gasteiger partial charge in [0.2, 0.25) is 0 Å². The van der Waals surface area contributed by atoms with Crippen LogP contribution in [0.25, 0.3) is 0 Å². The Morgan fingerprint density at radius 2 is 1.90 bits per heavy atom. The van der Waals surface area contributed by atoms with Gasteiger partial charge in [-0.25, -0.2) is 0 Å². The third kappa shape index (κ3) is 2.93. The predicted molar refractivity (Wildman–Crippen MR) is 92.8 cm³/mol. The summed E-state index contributed by atoms with van der Waals surface area (Å²) in [6, 6.07) is 15.9. The molecule has 110 valence electrons. The first kappa shape index (κ1) is 14.8. The van der Waals surface area contributed by atoms with Gasteiger partial charge in [-0.05, 0) is 61.1 Å². The molecule has 0 radical (unpaired) electrons. The molecule has 1 unspecified atom stereocenters. The van der Waals surface area contributed by atoms with Crippen molar-refractivity contribution in [3.63, 3.8) is 0 Å². The fraction of sp³-hybridized carbons (Fsp3) is 0.368. The van der Waals surface area contributed by atoms with E-state index in [0.29, 0.717) is 0 Å². The minimum Gasteiger partial charge on any atom is -0.309 e. The fourth-order valence-electron chi connectivity index (χ4n) is 3.16. The molecule has 0 bridgehead atoms. The second-order valence-corrected chi connectivity index (χ2v) is 6.84. The largest absolute Gasteiger partial charge is 0.309 e. The van der Waals surface area contributed by atoms with Gasteiger partial charge < -0.3 is 5.32 Å². The molecule has 1 fully saturated rings. The van der Waals surface area contributed by atoms with Crippen molar-refractivity contribution < 1.29 is 0 Å². The summed E-state index contributed by atoms with van der Waals surface area (Å²) < 4.78 is 1.18. The van der Waals surface area contributed by atoms with Crippen molar-refractivity contribution in [3.05, 3.63) is 69.2 Å². The van der Waals surface area contributed by atoms with Crippen LogP contribution in [0.15, 0.2) is 46.9 Å². The average molecular weight is 344 g/mol. The van der Waals surface area contributed by atoms with E-state index in [1.54, 1.807) is 0 Å². The lowest BCUT2D eigenvalue weighted by atomic mass is 9.76. The van der Waals surface area contributed by atoms with Gasteiger partial charge in [0.1, 0.15) is 0 Å². The number of aryl methyl sites for hydroxylation is 1. The predicted octanol–water partition coefficient (Wildman–Crippen LogP) is 5.33. The van der Waals surface area contributed by atoms with Crippen LogP contribution in [0.4, 0.5) is 0 Å². The maximum absolute atomic E-state index is 3.66. The summed E-state index contributed by atoms with van der Waals surface area (Å²) in [6.45, 7) is 2.13. The quantitative estimate of drug-likeness (QED) is 0.790. The molecule has 1 saturated carbocycles. The molecule has 1 N–H and O–H groups in total. The van der Waals surface area contributed by atoms with Gasteiger partial charge in [-0.3, -0.25) is 0 Å². The molecular weight excluding hydrogens is 322 g/mol. The van der Waals surface area contributed by atoms with Gasteiger partial charge in [0.15, 0.2) is 0 Å². The van der Waals surface area contributed by atoms with Gasteiger partial charge in [-0.1, -0.05) is 58.7 Å². The van der Waals surface area contributed by atoms with Crippen LogP contribution in [0.1, 0.15) is 53.5 Å². The monoisotopic (exact) mass is 343 g/mol. The summed E-state index contributed by atoms with van der Waals surface area (Å²) in [4.78, 5) is 0. The summed E-state index contributed by atoms with van der Waals surface area (Å²) in [7, 11) is 2.05. The lowest BCUT2D eigenvalue weighted by Gasteiger charge is -2.30. The Morgan fingerprint density at radius 1 is 1.14 bits per heavy atom. The molecule has 0 spiro atoms. The zero-order valence-corrected chi connectivity index (χ0v) is 14.3. The van der Waals surface area contributed by atoms with E-state index in [1.165, 1.54) is 46.0 Å². The standard InChI is InChI=1S/C19H22BrN/c1-13-10-11-15(12-18(13)20)19(21-2)17-9-4-3-8-16(17)14-6-5-7-14/h3-4,8-12,14,19,21H,5-7H2,1-2H3. The van der Waals surface area contributed by atoms with E-state index >= 15 is 0 Å². The second kappa shape index (κ2) is 6.33. The topological polar surface area (TPSA) is 12.0 Å². The van der Waals surface area contributed by atoms with Crippen molar-refractivity contribution in [3.8, 4) is 0 Å². The molecule has 0 heterocycles.